The molecule has 0 fully saturated rings. The lowest BCUT2D eigenvalue weighted by atomic mass is 10.3. The Hall–Kier alpha value is -1.07. The lowest BCUT2D eigenvalue weighted by Gasteiger charge is -2.08. The highest BCUT2D eigenvalue weighted by atomic mass is 32.2. The van der Waals surface area contributed by atoms with Crippen LogP contribution in [0.4, 0.5) is 5.69 Å². The summed E-state index contributed by atoms with van der Waals surface area (Å²) in [5, 5.41) is 0. The minimum absolute atomic E-state index is 0.518. The maximum absolute atomic E-state index is 12.1. The molecule has 0 aliphatic rings. The molecule has 0 saturated carbocycles. The van der Waals surface area contributed by atoms with Crippen molar-refractivity contribution in [1.82, 2.24) is 4.72 Å². The number of nitrogens with one attached hydrogen (secondary N) is 1. The van der Waals surface area contributed by atoms with E-state index in [-0.39, 0.29) is 0 Å². The van der Waals surface area contributed by atoms with Crippen molar-refractivity contribution in [3.63, 3.8) is 0 Å². The molecule has 1 aromatic carbocycles. The lowest BCUT2D eigenvalue weighted by Crippen LogP contribution is -2.18. The Morgan fingerprint density at radius 2 is 2.00 bits per heavy atom. The van der Waals surface area contributed by atoms with E-state index < -0.39 is 9.92 Å². The van der Waals surface area contributed by atoms with Gasteiger partial charge >= 0.3 is 0 Å². The third-order valence-corrected chi connectivity index (χ3v) is 3.87. The van der Waals surface area contributed by atoms with Crippen molar-refractivity contribution in [3.05, 3.63) is 24.3 Å². The van der Waals surface area contributed by atoms with E-state index in [2.05, 4.69) is 9.08 Å². The third-order valence-electron chi connectivity index (χ3n) is 1.79. The van der Waals surface area contributed by atoms with Crippen LogP contribution in [0, 0.1) is 0 Å². The van der Waals surface area contributed by atoms with Gasteiger partial charge in [-0.25, -0.2) is 13.3 Å². The van der Waals surface area contributed by atoms with E-state index in [0.717, 1.165) is 0 Å². The molecule has 5 heteroatoms. The van der Waals surface area contributed by atoms with E-state index >= 15 is 0 Å². The van der Waals surface area contributed by atoms with Gasteiger partial charge in [0.15, 0.2) is 0 Å². The van der Waals surface area contributed by atoms with E-state index in [4.69, 9.17) is 5.73 Å². The van der Waals surface area contributed by atoms with Crippen LogP contribution < -0.4 is 10.5 Å². The van der Waals surface area contributed by atoms with Gasteiger partial charge in [0.1, 0.15) is 9.92 Å². The predicted molar refractivity (Wildman–Crippen MR) is 59.3 cm³/mol. The van der Waals surface area contributed by atoms with Gasteiger partial charge in [-0.2, -0.15) is 0 Å². The number of nitrogens with two attached hydrogens (primary N) is 1. The Kier molecular flexibility index (Phi) is 3.49. The standard InChI is InChI=1S/C9H15N3OS/c1-3-12-14(13,11-2)9-6-4-8(10)5-7-9/h4-7H,3,10H2,1-2H3,(H,11,12,13). The Labute approximate surface area is 84.8 Å². The number of benzene rings is 1. The van der Waals surface area contributed by atoms with Crippen LogP contribution in [0.2, 0.25) is 0 Å². The van der Waals surface area contributed by atoms with Gasteiger partial charge in [0, 0.05) is 12.2 Å². The van der Waals surface area contributed by atoms with Gasteiger partial charge in [-0.1, -0.05) is 0 Å². The van der Waals surface area contributed by atoms with Gasteiger partial charge in [-0.05, 0) is 38.2 Å². The highest BCUT2D eigenvalue weighted by Gasteiger charge is 2.07. The fourth-order valence-electron chi connectivity index (χ4n) is 1.09. The molecule has 1 unspecified atom stereocenters. The molecule has 0 spiro atoms. The zero-order valence-corrected chi connectivity index (χ0v) is 9.17. The minimum Gasteiger partial charge on any atom is -0.399 e. The summed E-state index contributed by atoms with van der Waals surface area (Å²) in [6, 6.07) is 6.90. The largest absolute Gasteiger partial charge is 0.399 e. The van der Waals surface area contributed by atoms with Crippen molar-refractivity contribution >= 4 is 15.6 Å². The molecule has 0 heterocycles. The van der Waals surface area contributed by atoms with Crippen molar-refractivity contribution in [2.45, 2.75) is 11.8 Å². The van der Waals surface area contributed by atoms with Crippen molar-refractivity contribution in [2.24, 2.45) is 4.36 Å². The molecule has 1 atom stereocenters. The van der Waals surface area contributed by atoms with Crippen molar-refractivity contribution in [2.75, 3.05) is 19.3 Å². The number of nitrogen functional groups attached to an aromatic ring is 1. The van der Waals surface area contributed by atoms with Crippen LogP contribution in [-0.4, -0.2) is 17.8 Å². The molecule has 0 aromatic heterocycles. The second kappa shape index (κ2) is 4.43. The summed E-state index contributed by atoms with van der Waals surface area (Å²) < 4.78 is 18.9. The van der Waals surface area contributed by atoms with Gasteiger partial charge in [-0.3, -0.25) is 0 Å². The molecule has 0 bridgehead atoms. The normalized spacial score (nSPS) is 14.7. The van der Waals surface area contributed by atoms with Gasteiger partial charge < -0.3 is 5.73 Å². The van der Waals surface area contributed by atoms with Crippen LogP contribution in [0.5, 0.6) is 0 Å². The molecule has 78 valence electrons. The average molecular weight is 213 g/mol. The maximum atomic E-state index is 12.1. The van der Waals surface area contributed by atoms with Crippen LogP contribution in [0.1, 0.15) is 6.92 Å². The smallest absolute Gasteiger partial charge is 0.137 e. The average Bonchev–Trinajstić information content (AvgIpc) is 2.19. The Bertz CT molecular complexity index is 405. The maximum Gasteiger partial charge on any atom is 0.137 e. The quantitative estimate of drug-likeness (QED) is 0.742. The van der Waals surface area contributed by atoms with Gasteiger partial charge in [0.25, 0.3) is 0 Å². The zero-order valence-electron chi connectivity index (χ0n) is 8.36. The fourth-order valence-corrected chi connectivity index (χ4v) is 2.47. The summed E-state index contributed by atoms with van der Waals surface area (Å²) >= 11 is 0. The molecule has 1 rings (SSSR count). The van der Waals surface area contributed by atoms with Crippen LogP contribution in [0.3, 0.4) is 0 Å². The molecular weight excluding hydrogens is 198 g/mol. The summed E-state index contributed by atoms with van der Waals surface area (Å²) in [6.07, 6.45) is 0. The van der Waals surface area contributed by atoms with E-state index in [1.807, 2.05) is 6.92 Å². The number of hydrogen-bond acceptors (Lipinski definition) is 3. The topological polar surface area (TPSA) is 67.5 Å². The fraction of sp³-hybridized carbons (Fsp3) is 0.333. The summed E-state index contributed by atoms with van der Waals surface area (Å²) in [6.45, 7) is 2.37. The number of anilines is 1. The molecule has 1 aromatic rings. The summed E-state index contributed by atoms with van der Waals surface area (Å²) in [5.41, 5.74) is 6.20. The molecule has 3 N–H and O–H groups in total. The summed E-state index contributed by atoms with van der Waals surface area (Å²) in [4.78, 5) is 0.663. The Morgan fingerprint density at radius 3 is 2.43 bits per heavy atom. The van der Waals surface area contributed by atoms with E-state index in [1.54, 1.807) is 31.3 Å². The van der Waals surface area contributed by atoms with Crippen molar-refractivity contribution < 1.29 is 4.21 Å². The first-order valence-corrected chi connectivity index (χ1v) is 5.91. The van der Waals surface area contributed by atoms with Crippen molar-refractivity contribution in [1.29, 1.82) is 0 Å². The number of hydrogen-bond donors (Lipinski definition) is 2. The second-order valence-electron chi connectivity index (χ2n) is 2.74. The van der Waals surface area contributed by atoms with Crippen molar-refractivity contribution in [3.8, 4) is 0 Å². The van der Waals surface area contributed by atoms with Gasteiger partial charge in [-0.15, -0.1) is 0 Å². The lowest BCUT2D eigenvalue weighted by molar-refractivity contribution is 0.669. The van der Waals surface area contributed by atoms with Gasteiger partial charge in [0.2, 0.25) is 0 Å². The van der Waals surface area contributed by atoms with E-state index in [0.29, 0.717) is 17.1 Å². The van der Waals surface area contributed by atoms with E-state index in [1.165, 1.54) is 0 Å². The monoisotopic (exact) mass is 213 g/mol. The molecule has 14 heavy (non-hydrogen) atoms. The number of nitrogens with zero attached hydrogens (tertiary/aromatic N) is 1. The van der Waals surface area contributed by atoms with E-state index in [9.17, 15) is 4.21 Å². The highest BCUT2D eigenvalue weighted by Crippen LogP contribution is 2.13. The molecule has 0 amide bonds. The first-order valence-electron chi connectivity index (χ1n) is 4.39. The zero-order chi connectivity index (χ0) is 10.6. The molecular formula is C9H15N3OS. The summed E-state index contributed by atoms with van der Waals surface area (Å²) in [5.74, 6) is 0. The Balaban J connectivity index is 3.21. The molecule has 0 radical (unpaired) electrons. The molecule has 0 aliphatic carbocycles. The molecule has 0 aliphatic heterocycles. The molecule has 0 saturated heterocycles. The van der Waals surface area contributed by atoms with Crippen LogP contribution in [0.25, 0.3) is 0 Å². The SMILES string of the molecule is CCN=S(=O)(NC)c1ccc(N)cc1. The Morgan fingerprint density at radius 1 is 1.43 bits per heavy atom. The highest BCUT2D eigenvalue weighted by molar-refractivity contribution is 7.91. The number of rotatable bonds is 3. The predicted octanol–water partition coefficient (Wildman–Crippen LogP) is 1.25. The summed E-state index contributed by atoms with van der Waals surface area (Å²) in [7, 11) is -0.816. The molecule has 4 nitrogen and oxygen atoms in total. The van der Waals surface area contributed by atoms with Gasteiger partial charge in [0.05, 0.1) is 4.90 Å². The first-order chi connectivity index (χ1) is 6.62. The van der Waals surface area contributed by atoms with Crippen LogP contribution >= 0.6 is 0 Å². The van der Waals surface area contributed by atoms with Crippen LogP contribution in [-0.2, 0) is 9.92 Å². The third kappa shape index (κ3) is 2.24. The first kappa shape index (κ1) is 11.0. The van der Waals surface area contributed by atoms with Crippen LogP contribution in [0.15, 0.2) is 33.5 Å². The second-order valence-corrected chi connectivity index (χ2v) is 4.93. The minimum atomic E-state index is -2.45.